The Balaban J connectivity index is 2.44. The van der Waals surface area contributed by atoms with E-state index in [0.717, 1.165) is 6.07 Å². The average molecular weight is 400 g/mol. The van der Waals surface area contributed by atoms with Crippen LogP contribution >= 0.6 is 0 Å². The van der Waals surface area contributed by atoms with Gasteiger partial charge in [0, 0.05) is 23.5 Å². The van der Waals surface area contributed by atoms with Crippen LogP contribution < -0.4 is 5.32 Å². The Morgan fingerprint density at radius 3 is 2.32 bits per heavy atom. The van der Waals surface area contributed by atoms with E-state index in [1.807, 2.05) is 0 Å². The minimum atomic E-state index is -4.56. The van der Waals surface area contributed by atoms with Gasteiger partial charge in [-0.15, -0.1) is 0 Å². The van der Waals surface area contributed by atoms with E-state index >= 15 is 0 Å². The van der Waals surface area contributed by atoms with E-state index in [1.165, 1.54) is 23.6 Å². The number of alkyl halides is 3. The zero-order valence-corrected chi connectivity index (χ0v) is 16.3. The Kier molecular flexibility index (Phi) is 5.68. The van der Waals surface area contributed by atoms with Crippen molar-refractivity contribution in [3.05, 3.63) is 35.0 Å². The van der Waals surface area contributed by atoms with E-state index in [1.54, 1.807) is 27.7 Å². The molecule has 2 aromatic rings. The molecule has 1 atom stereocenters. The third kappa shape index (κ3) is 4.76. The van der Waals surface area contributed by atoms with E-state index in [0.29, 0.717) is 5.39 Å². The first-order valence-electron chi connectivity index (χ1n) is 8.63. The number of aromatic carboxylic acids is 1. The van der Waals surface area contributed by atoms with Gasteiger partial charge in [0.2, 0.25) is 0 Å². The van der Waals surface area contributed by atoms with Gasteiger partial charge in [0.15, 0.2) is 0 Å². The van der Waals surface area contributed by atoms with Gasteiger partial charge in [0.25, 0.3) is 0 Å². The van der Waals surface area contributed by atoms with Crippen LogP contribution in [0.25, 0.3) is 10.9 Å². The van der Waals surface area contributed by atoms with E-state index in [9.17, 15) is 27.9 Å². The summed E-state index contributed by atoms with van der Waals surface area (Å²) in [5.41, 5.74) is -1.56. The monoisotopic (exact) mass is 400 g/mol. The molecular formula is C19H23F3N2O4. The van der Waals surface area contributed by atoms with Crippen molar-refractivity contribution in [1.29, 1.82) is 0 Å². The molecule has 0 saturated heterocycles. The molecule has 9 heteroatoms. The molecule has 6 nitrogen and oxygen atoms in total. The first kappa shape index (κ1) is 21.6. The van der Waals surface area contributed by atoms with Gasteiger partial charge in [0.05, 0.1) is 5.56 Å². The lowest BCUT2D eigenvalue weighted by Crippen LogP contribution is -2.35. The Morgan fingerprint density at radius 1 is 1.21 bits per heavy atom. The van der Waals surface area contributed by atoms with Gasteiger partial charge in [-0.05, 0) is 58.4 Å². The number of carboxylic acid groups (broad SMARTS) is 1. The normalized spacial score (nSPS) is 13.4. The molecule has 0 saturated carbocycles. The van der Waals surface area contributed by atoms with E-state index < -0.39 is 35.4 Å². The molecule has 0 aliphatic heterocycles. The summed E-state index contributed by atoms with van der Waals surface area (Å²) in [5, 5.41) is 12.4. The third-order valence-corrected chi connectivity index (χ3v) is 4.09. The molecular weight excluding hydrogens is 377 g/mol. The van der Waals surface area contributed by atoms with Gasteiger partial charge in [-0.1, -0.05) is 0 Å². The van der Waals surface area contributed by atoms with Crippen molar-refractivity contribution in [3.63, 3.8) is 0 Å². The second-order valence-corrected chi connectivity index (χ2v) is 7.66. The number of benzene rings is 1. The average Bonchev–Trinajstić information content (AvgIpc) is 2.87. The van der Waals surface area contributed by atoms with Crippen molar-refractivity contribution in [2.75, 3.05) is 6.54 Å². The molecule has 0 aliphatic rings. The molecule has 154 valence electrons. The number of nitrogens with zero attached hydrogens (tertiary/aromatic N) is 1. The Labute approximate surface area is 160 Å². The van der Waals surface area contributed by atoms with Crippen LogP contribution in [0.4, 0.5) is 18.0 Å². The summed E-state index contributed by atoms with van der Waals surface area (Å²) >= 11 is 0. The number of hydrogen-bond acceptors (Lipinski definition) is 3. The maximum atomic E-state index is 13.3. The second-order valence-electron chi connectivity index (χ2n) is 7.66. The van der Waals surface area contributed by atoms with Crippen LogP contribution in [-0.4, -0.2) is 33.9 Å². The van der Waals surface area contributed by atoms with Crippen LogP contribution in [0.3, 0.4) is 0 Å². The lowest BCUT2D eigenvalue weighted by molar-refractivity contribution is -0.138. The number of amides is 1. The predicted molar refractivity (Wildman–Crippen MR) is 97.6 cm³/mol. The van der Waals surface area contributed by atoms with Crippen LogP contribution in [0.2, 0.25) is 0 Å². The molecule has 1 heterocycles. The highest BCUT2D eigenvalue weighted by Gasteiger charge is 2.33. The zero-order chi connectivity index (χ0) is 21.4. The van der Waals surface area contributed by atoms with Gasteiger partial charge in [0.1, 0.15) is 11.3 Å². The molecule has 2 N–H and O–H groups in total. The number of carbonyl (C=O) groups is 2. The fourth-order valence-electron chi connectivity index (χ4n) is 2.97. The Hall–Kier alpha value is -2.71. The Morgan fingerprint density at radius 2 is 1.82 bits per heavy atom. The summed E-state index contributed by atoms with van der Waals surface area (Å²) in [4.78, 5) is 23.5. The van der Waals surface area contributed by atoms with Crippen molar-refractivity contribution in [3.8, 4) is 0 Å². The standard InChI is InChI=1S/C19H23F3N2O4/c1-10-6-12-7-15(16(25)26)24(14(12)8-13(10)19(20,21)22)11(2)9-23-17(27)28-18(3,4)5/h6-8,11H,9H2,1-5H3,(H,23,27)(H,25,26)/t11-/m1/s1. The SMILES string of the molecule is Cc1cc2cc(C(=O)O)n([C@H](C)CNC(=O)OC(C)(C)C)c2cc1C(F)(F)F. The largest absolute Gasteiger partial charge is 0.477 e. The van der Waals surface area contributed by atoms with Crippen LogP contribution in [-0.2, 0) is 10.9 Å². The van der Waals surface area contributed by atoms with Gasteiger partial charge >= 0.3 is 18.2 Å². The molecule has 1 aromatic carbocycles. The fraction of sp³-hybridized carbons (Fsp3) is 0.474. The summed E-state index contributed by atoms with van der Waals surface area (Å²) in [6, 6.07) is 2.96. The van der Waals surface area contributed by atoms with Gasteiger partial charge in [-0.25, -0.2) is 9.59 Å². The number of aryl methyl sites for hydroxylation is 1. The number of hydrogen-bond donors (Lipinski definition) is 2. The number of fused-ring (bicyclic) bond motifs is 1. The number of carbonyl (C=O) groups excluding carboxylic acids is 1. The van der Waals surface area contributed by atoms with E-state index in [4.69, 9.17) is 4.74 Å². The highest BCUT2D eigenvalue weighted by atomic mass is 19.4. The number of halogens is 3. The van der Waals surface area contributed by atoms with E-state index in [-0.39, 0.29) is 23.3 Å². The van der Waals surface area contributed by atoms with Crippen molar-refractivity contribution in [1.82, 2.24) is 9.88 Å². The number of nitrogens with one attached hydrogen (secondary N) is 1. The topological polar surface area (TPSA) is 80.6 Å². The first-order valence-corrected chi connectivity index (χ1v) is 8.63. The summed E-state index contributed by atoms with van der Waals surface area (Å²) in [7, 11) is 0. The van der Waals surface area contributed by atoms with Crippen molar-refractivity contribution in [2.45, 2.75) is 52.4 Å². The van der Waals surface area contributed by atoms with Crippen LogP contribution in [0.15, 0.2) is 18.2 Å². The smallest absolute Gasteiger partial charge is 0.416 e. The summed E-state index contributed by atoms with van der Waals surface area (Å²) in [6.45, 7) is 8.00. The van der Waals surface area contributed by atoms with Crippen molar-refractivity contribution < 1.29 is 32.6 Å². The van der Waals surface area contributed by atoms with Gasteiger partial charge in [-0.3, -0.25) is 0 Å². The fourth-order valence-corrected chi connectivity index (χ4v) is 2.97. The van der Waals surface area contributed by atoms with Crippen molar-refractivity contribution in [2.24, 2.45) is 0 Å². The summed E-state index contributed by atoms with van der Waals surface area (Å²) in [5.74, 6) is -1.27. The van der Waals surface area contributed by atoms with Crippen LogP contribution in [0, 0.1) is 6.92 Å². The van der Waals surface area contributed by atoms with E-state index in [2.05, 4.69) is 5.32 Å². The number of carboxylic acids is 1. The second kappa shape index (κ2) is 7.37. The molecule has 0 unspecified atom stereocenters. The Bertz CT molecular complexity index is 911. The number of aromatic nitrogens is 1. The summed E-state index contributed by atoms with van der Waals surface area (Å²) < 4.78 is 46.3. The third-order valence-electron chi connectivity index (χ3n) is 4.09. The highest BCUT2D eigenvalue weighted by Crippen LogP contribution is 2.36. The highest BCUT2D eigenvalue weighted by molar-refractivity contribution is 5.95. The first-order chi connectivity index (χ1) is 12.7. The lowest BCUT2D eigenvalue weighted by Gasteiger charge is -2.22. The predicted octanol–water partition coefficient (Wildman–Crippen LogP) is 4.75. The maximum Gasteiger partial charge on any atom is 0.416 e. The van der Waals surface area contributed by atoms with Crippen molar-refractivity contribution >= 4 is 23.0 Å². The number of ether oxygens (including phenoxy) is 1. The number of alkyl carbamates (subject to hydrolysis) is 1. The zero-order valence-electron chi connectivity index (χ0n) is 16.3. The molecule has 0 radical (unpaired) electrons. The molecule has 28 heavy (non-hydrogen) atoms. The lowest BCUT2D eigenvalue weighted by atomic mass is 10.1. The van der Waals surface area contributed by atoms with Gasteiger partial charge in [-0.2, -0.15) is 13.2 Å². The molecule has 0 bridgehead atoms. The molecule has 1 amide bonds. The maximum absolute atomic E-state index is 13.3. The summed E-state index contributed by atoms with van der Waals surface area (Å²) in [6.07, 6.45) is -5.26. The minimum Gasteiger partial charge on any atom is -0.477 e. The number of rotatable bonds is 4. The molecule has 0 spiro atoms. The molecule has 1 aromatic heterocycles. The van der Waals surface area contributed by atoms with Crippen LogP contribution in [0.5, 0.6) is 0 Å². The molecule has 2 rings (SSSR count). The quantitative estimate of drug-likeness (QED) is 0.776. The van der Waals surface area contributed by atoms with Gasteiger partial charge < -0.3 is 19.7 Å². The minimum absolute atomic E-state index is 0.00798. The molecule has 0 fully saturated rings. The van der Waals surface area contributed by atoms with Crippen LogP contribution in [0.1, 0.15) is 55.4 Å². The molecule has 0 aliphatic carbocycles.